The van der Waals surface area contributed by atoms with Gasteiger partial charge in [0, 0.05) is 29.1 Å². The van der Waals surface area contributed by atoms with Crippen LogP contribution in [0.3, 0.4) is 0 Å². The molecule has 0 aliphatic rings. The molecule has 0 saturated carbocycles. The molecule has 0 aromatic carbocycles. The number of tetrazole rings is 1. The van der Waals surface area contributed by atoms with Gasteiger partial charge in [0.15, 0.2) is 0 Å². The molecule has 0 amide bonds. The summed E-state index contributed by atoms with van der Waals surface area (Å²) in [6, 6.07) is 0. The van der Waals surface area contributed by atoms with Gasteiger partial charge in [0.1, 0.15) is 6.33 Å². The lowest BCUT2D eigenvalue weighted by molar-refractivity contribution is 0.629. The number of rotatable bonds is 2. The second-order valence-electron chi connectivity index (χ2n) is 2.75. The Morgan fingerprint density at radius 3 is 2.67 bits per heavy atom. The van der Waals surface area contributed by atoms with Gasteiger partial charge in [-0.3, -0.25) is 0 Å². The van der Waals surface area contributed by atoms with Crippen molar-refractivity contribution < 1.29 is 0 Å². The zero-order valence-corrected chi connectivity index (χ0v) is 8.63. The molecule has 2 rings (SSSR count). The number of halogens is 1. The topological polar surface area (TPSA) is 69.4 Å². The minimum Gasteiger partial charge on any atom is -0.244 e. The van der Waals surface area contributed by atoms with Gasteiger partial charge in [-0.1, -0.05) is 11.6 Å². The summed E-state index contributed by atoms with van der Waals surface area (Å²) < 4.78 is 0. The number of aryl methyl sites for hydroxylation is 1. The van der Waals surface area contributed by atoms with Gasteiger partial charge < -0.3 is 0 Å². The Balaban J connectivity index is 2.43. The van der Waals surface area contributed by atoms with Crippen molar-refractivity contribution in [1.29, 1.82) is 0 Å². The molecule has 15 heavy (non-hydrogen) atoms. The lowest BCUT2D eigenvalue weighted by atomic mass is 10.1. The molecule has 0 saturated heterocycles. The molecule has 0 spiro atoms. The fraction of sp³-hybridized carbons (Fsp3) is 0.125. The molecule has 0 fully saturated rings. The van der Waals surface area contributed by atoms with Crippen LogP contribution in [0.1, 0.15) is 11.4 Å². The average molecular weight is 223 g/mol. The Labute approximate surface area is 90.6 Å². The van der Waals surface area contributed by atoms with Crippen LogP contribution in [0.25, 0.3) is 5.57 Å². The van der Waals surface area contributed by atoms with Gasteiger partial charge in [0.2, 0.25) is 5.82 Å². The molecule has 76 valence electrons. The molecular formula is C8H7ClN6. The first-order valence-electron chi connectivity index (χ1n) is 4.11. The Morgan fingerprint density at radius 2 is 2.13 bits per heavy atom. The van der Waals surface area contributed by atoms with E-state index in [0.29, 0.717) is 11.4 Å². The fourth-order valence-electron chi connectivity index (χ4n) is 1.07. The maximum absolute atomic E-state index is 5.71. The predicted octanol–water partition coefficient (Wildman–Crippen LogP) is 0.628. The highest BCUT2D eigenvalue weighted by atomic mass is 35.5. The standard InChI is InChI=1S/C8H7ClN6/c1-15-13-8(12-14-15)7(2-9)6-3-10-5-11-4-6/h2-5H,1H3/b7-2+. The van der Waals surface area contributed by atoms with Crippen LogP contribution >= 0.6 is 11.6 Å². The smallest absolute Gasteiger partial charge is 0.206 e. The SMILES string of the molecule is Cn1nnc(/C(=C/Cl)c2cncnc2)n1. The number of hydrogen-bond donors (Lipinski definition) is 0. The van der Waals surface area contributed by atoms with E-state index in [2.05, 4.69) is 25.4 Å². The van der Waals surface area contributed by atoms with Crippen LogP contribution in [-0.4, -0.2) is 30.2 Å². The van der Waals surface area contributed by atoms with Crippen LogP contribution < -0.4 is 0 Å². The minimum absolute atomic E-state index is 0.447. The second kappa shape index (κ2) is 4.14. The second-order valence-corrected chi connectivity index (χ2v) is 2.97. The molecule has 7 heteroatoms. The van der Waals surface area contributed by atoms with Gasteiger partial charge in [-0.15, -0.1) is 10.2 Å². The molecule has 0 bridgehead atoms. The van der Waals surface area contributed by atoms with Crippen LogP contribution in [0.15, 0.2) is 24.3 Å². The normalized spacial score (nSPS) is 11.7. The van der Waals surface area contributed by atoms with Crippen molar-refractivity contribution in [3.8, 4) is 0 Å². The van der Waals surface area contributed by atoms with E-state index in [1.807, 2.05) is 0 Å². The van der Waals surface area contributed by atoms with Crippen LogP contribution in [0.5, 0.6) is 0 Å². The van der Waals surface area contributed by atoms with Crippen molar-refractivity contribution in [3.63, 3.8) is 0 Å². The largest absolute Gasteiger partial charge is 0.244 e. The quantitative estimate of drug-likeness (QED) is 0.745. The third-order valence-corrected chi connectivity index (χ3v) is 1.95. The molecule has 0 radical (unpaired) electrons. The monoisotopic (exact) mass is 222 g/mol. The molecule has 2 aromatic heterocycles. The first-order valence-corrected chi connectivity index (χ1v) is 4.55. The van der Waals surface area contributed by atoms with Gasteiger partial charge >= 0.3 is 0 Å². The lowest BCUT2D eigenvalue weighted by Crippen LogP contribution is -1.95. The van der Waals surface area contributed by atoms with E-state index >= 15 is 0 Å². The van der Waals surface area contributed by atoms with Crippen molar-refractivity contribution in [3.05, 3.63) is 35.6 Å². The van der Waals surface area contributed by atoms with Crippen molar-refractivity contribution >= 4 is 17.2 Å². The Bertz CT molecular complexity index is 477. The molecule has 6 nitrogen and oxygen atoms in total. The molecule has 0 aliphatic heterocycles. The molecule has 0 atom stereocenters. The number of hydrogen-bond acceptors (Lipinski definition) is 5. The number of aromatic nitrogens is 6. The van der Waals surface area contributed by atoms with Gasteiger partial charge in [0.25, 0.3) is 0 Å². The molecule has 0 N–H and O–H groups in total. The minimum atomic E-state index is 0.447. The van der Waals surface area contributed by atoms with E-state index in [4.69, 9.17) is 11.6 Å². The summed E-state index contributed by atoms with van der Waals surface area (Å²) in [6.45, 7) is 0. The summed E-state index contributed by atoms with van der Waals surface area (Å²) in [4.78, 5) is 9.15. The van der Waals surface area contributed by atoms with E-state index < -0.39 is 0 Å². The van der Waals surface area contributed by atoms with E-state index in [1.54, 1.807) is 19.4 Å². The third kappa shape index (κ3) is 1.99. The van der Waals surface area contributed by atoms with Crippen molar-refractivity contribution in [2.24, 2.45) is 7.05 Å². The van der Waals surface area contributed by atoms with E-state index in [1.165, 1.54) is 16.7 Å². The first kappa shape index (κ1) is 9.72. The predicted molar refractivity (Wildman–Crippen MR) is 53.8 cm³/mol. The summed E-state index contributed by atoms with van der Waals surface area (Å²) in [5, 5.41) is 11.6. The summed E-state index contributed by atoms with van der Waals surface area (Å²) in [7, 11) is 1.68. The number of nitrogens with zero attached hydrogens (tertiary/aromatic N) is 6. The molecule has 2 aromatic rings. The van der Waals surface area contributed by atoms with Gasteiger partial charge in [0.05, 0.1) is 7.05 Å². The average Bonchev–Trinajstić information content (AvgIpc) is 2.68. The van der Waals surface area contributed by atoms with Gasteiger partial charge in [-0.2, -0.15) is 4.80 Å². The molecule has 2 heterocycles. The van der Waals surface area contributed by atoms with E-state index in [9.17, 15) is 0 Å². The first-order chi connectivity index (χ1) is 7.31. The summed E-state index contributed by atoms with van der Waals surface area (Å²) in [5.41, 5.74) is 2.78. The highest BCUT2D eigenvalue weighted by molar-refractivity contribution is 6.28. The molecular weight excluding hydrogens is 216 g/mol. The zero-order chi connectivity index (χ0) is 10.7. The van der Waals surface area contributed by atoms with E-state index in [-0.39, 0.29) is 0 Å². The van der Waals surface area contributed by atoms with Crippen LogP contribution in [0, 0.1) is 0 Å². The van der Waals surface area contributed by atoms with Crippen LogP contribution in [0.4, 0.5) is 0 Å². The molecule has 0 aliphatic carbocycles. The van der Waals surface area contributed by atoms with Crippen LogP contribution in [-0.2, 0) is 7.05 Å². The van der Waals surface area contributed by atoms with Crippen molar-refractivity contribution in [1.82, 2.24) is 30.2 Å². The maximum atomic E-state index is 5.71. The summed E-state index contributed by atoms with van der Waals surface area (Å²) >= 11 is 5.71. The van der Waals surface area contributed by atoms with Crippen molar-refractivity contribution in [2.75, 3.05) is 0 Å². The fourth-order valence-corrected chi connectivity index (χ4v) is 1.29. The third-order valence-electron chi connectivity index (χ3n) is 1.73. The lowest BCUT2D eigenvalue weighted by Gasteiger charge is -1.98. The summed E-state index contributed by atoms with van der Waals surface area (Å²) in [5.74, 6) is 0.447. The maximum Gasteiger partial charge on any atom is 0.206 e. The van der Waals surface area contributed by atoms with Crippen molar-refractivity contribution in [2.45, 2.75) is 0 Å². The highest BCUT2D eigenvalue weighted by Crippen LogP contribution is 2.18. The van der Waals surface area contributed by atoms with Gasteiger partial charge in [-0.25, -0.2) is 9.97 Å². The summed E-state index contributed by atoms with van der Waals surface area (Å²) in [6.07, 6.45) is 4.72. The highest BCUT2D eigenvalue weighted by Gasteiger charge is 2.10. The van der Waals surface area contributed by atoms with E-state index in [0.717, 1.165) is 5.56 Å². The molecule has 0 unspecified atom stereocenters. The van der Waals surface area contributed by atoms with Crippen LogP contribution in [0.2, 0.25) is 0 Å². The Kier molecular flexibility index (Phi) is 2.68. The Hall–Kier alpha value is -1.82. The Morgan fingerprint density at radius 1 is 1.40 bits per heavy atom. The van der Waals surface area contributed by atoms with Gasteiger partial charge in [-0.05, 0) is 5.21 Å². The zero-order valence-electron chi connectivity index (χ0n) is 7.87.